The number of aromatic nitrogens is 1. The number of rotatable bonds is 3. The molecule has 18 heavy (non-hydrogen) atoms. The molecule has 4 N–H and O–H groups in total. The van der Waals surface area contributed by atoms with E-state index in [9.17, 15) is 0 Å². The van der Waals surface area contributed by atoms with Crippen molar-refractivity contribution in [2.45, 2.75) is 51.6 Å². The summed E-state index contributed by atoms with van der Waals surface area (Å²) in [6.45, 7) is 5.64. The van der Waals surface area contributed by atoms with Crippen LogP contribution in [-0.2, 0) is 6.42 Å². The second kappa shape index (κ2) is 5.57. The zero-order chi connectivity index (χ0) is 13.1. The number of nitrogen functional groups attached to an aromatic ring is 2. The normalized spacial score (nSPS) is 25.2. The van der Waals surface area contributed by atoms with Crippen LogP contribution < -0.4 is 11.5 Å². The summed E-state index contributed by atoms with van der Waals surface area (Å²) in [6, 6.07) is 3.15. The van der Waals surface area contributed by atoms with Crippen molar-refractivity contribution in [3.05, 3.63) is 17.8 Å². The van der Waals surface area contributed by atoms with E-state index in [-0.39, 0.29) is 0 Å². The van der Waals surface area contributed by atoms with Gasteiger partial charge in [0.1, 0.15) is 5.82 Å². The zero-order valence-corrected chi connectivity index (χ0v) is 11.4. The van der Waals surface area contributed by atoms with E-state index >= 15 is 0 Å². The topological polar surface area (TPSA) is 68.2 Å². The quantitative estimate of drug-likeness (QED) is 0.859. The van der Waals surface area contributed by atoms with Crippen LogP contribution in [0.3, 0.4) is 0 Å². The van der Waals surface area contributed by atoms with Gasteiger partial charge in [-0.3, -0.25) is 4.90 Å². The molecule has 1 aliphatic rings. The van der Waals surface area contributed by atoms with Crippen LogP contribution in [0.25, 0.3) is 0 Å². The third-order valence-corrected chi connectivity index (χ3v) is 4.12. The third-order valence-electron chi connectivity index (χ3n) is 4.12. The summed E-state index contributed by atoms with van der Waals surface area (Å²) in [7, 11) is 0. The van der Waals surface area contributed by atoms with Crippen molar-refractivity contribution in [2.75, 3.05) is 18.0 Å². The molecule has 0 aromatic carbocycles. The number of nitrogens with two attached hydrogens (primary N) is 2. The van der Waals surface area contributed by atoms with E-state index in [4.69, 9.17) is 11.5 Å². The largest absolute Gasteiger partial charge is 0.398 e. The van der Waals surface area contributed by atoms with Crippen molar-refractivity contribution in [3.63, 3.8) is 0 Å². The number of nitrogens with zero attached hydrogens (tertiary/aromatic N) is 2. The Hall–Kier alpha value is -1.29. The number of likely N-dealkylation sites (tertiary alicyclic amines) is 1. The molecule has 1 aromatic rings. The molecule has 4 nitrogen and oxygen atoms in total. The van der Waals surface area contributed by atoms with E-state index in [1.165, 1.54) is 19.3 Å². The number of piperidine rings is 1. The van der Waals surface area contributed by atoms with Crippen molar-refractivity contribution < 1.29 is 0 Å². The van der Waals surface area contributed by atoms with Gasteiger partial charge in [0, 0.05) is 36.1 Å². The van der Waals surface area contributed by atoms with E-state index in [0.717, 1.165) is 24.2 Å². The molecule has 0 amide bonds. The molecular formula is C14H24N4. The second-order valence-electron chi connectivity index (χ2n) is 5.38. The number of hydrogen-bond donors (Lipinski definition) is 2. The first-order valence-corrected chi connectivity index (χ1v) is 6.84. The van der Waals surface area contributed by atoms with E-state index in [1.807, 2.05) is 6.07 Å². The van der Waals surface area contributed by atoms with Crippen LogP contribution in [-0.4, -0.2) is 28.5 Å². The van der Waals surface area contributed by atoms with Crippen molar-refractivity contribution in [1.29, 1.82) is 0 Å². The molecule has 2 unspecified atom stereocenters. The minimum atomic E-state index is 0.576. The molecular weight excluding hydrogens is 224 g/mol. The SMILES string of the molecule is CC1CCCC(C)N1CCc1c(N)ccnc1N. The summed E-state index contributed by atoms with van der Waals surface area (Å²) in [4.78, 5) is 6.69. The zero-order valence-electron chi connectivity index (χ0n) is 11.4. The fourth-order valence-corrected chi connectivity index (χ4v) is 2.95. The molecule has 0 bridgehead atoms. The van der Waals surface area contributed by atoms with Crippen LogP contribution in [0.5, 0.6) is 0 Å². The first-order chi connectivity index (χ1) is 8.59. The van der Waals surface area contributed by atoms with E-state index in [2.05, 4.69) is 23.7 Å². The van der Waals surface area contributed by atoms with Crippen LogP contribution in [0.2, 0.25) is 0 Å². The van der Waals surface area contributed by atoms with E-state index < -0.39 is 0 Å². The summed E-state index contributed by atoms with van der Waals surface area (Å²) in [5.41, 5.74) is 13.6. The predicted molar refractivity (Wildman–Crippen MR) is 76.2 cm³/mol. The standard InChI is InChI=1S/C14H24N4/c1-10-4-3-5-11(2)18(10)9-7-12-13(15)6-8-17-14(12)16/h6,8,10-11H,3-5,7,9H2,1-2H3,(H4,15,16,17). The first kappa shape index (κ1) is 13.1. The van der Waals surface area contributed by atoms with E-state index in [0.29, 0.717) is 17.9 Å². The van der Waals surface area contributed by atoms with Gasteiger partial charge in [0.15, 0.2) is 0 Å². The highest BCUT2D eigenvalue weighted by Gasteiger charge is 2.24. The molecule has 0 spiro atoms. The predicted octanol–water partition coefficient (Wildman–Crippen LogP) is 2.05. The summed E-state index contributed by atoms with van der Waals surface area (Å²) in [5.74, 6) is 0.576. The summed E-state index contributed by atoms with van der Waals surface area (Å²) in [5, 5.41) is 0. The maximum Gasteiger partial charge on any atom is 0.128 e. The first-order valence-electron chi connectivity index (χ1n) is 6.84. The number of hydrogen-bond acceptors (Lipinski definition) is 4. The van der Waals surface area contributed by atoms with Gasteiger partial charge >= 0.3 is 0 Å². The minimum absolute atomic E-state index is 0.576. The molecule has 2 rings (SSSR count). The van der Waals surface area contributed by atoms with E-state index in [1.54, 1.807) is 6.20 Å². The summed E-state index contributed by atoms with van der Waals surface area (Å²) < 4.78 is 0. The van der Waals surface area contributed by atoms with Crippen molar-refractivity contribution in [3.8, 4) is 0 Å². The Morgan fingerprint density at radius 3 is 2.56 bits per heavy atom. The Bertz CT molecular complexity index is 375. The molecule has 0 aliphatic carbocycles. The number of anilines is 2. The molecule has 2 heterocycles. The lowest BCUT2D eigenvalue weighted by atomic mass is 9.97. The molecule has 2 atom stereocenters. The van der Waals surface area contributed by atoms with Crippen LogP contribution in [0.15, 0.2) is 12.3 Å². The van der Waals surface area contributed by atoms with Gasteiger partial charge in [-0.25, -0.2) is 4.98 Å². The van der Waals surface area contributed by atoms with Crippen molar-refractivity contribution in [2.24, 2.45) is 0 Å². The van der Waals surface area contributed by atoms with Gasteiger partial charge in [-0.15, -0.1) is 0 Å². The van der Waals surface area contributed by atoms with Gasteiger partial charge in [0.2, 0.25) is 0 Å². The van der Waals surface area contributed by atoms with Crippen LogP contribution in [0.4, 0.5) is 11.5 Å². The monoisotopic (exact) mass is 248 g/mol. The Balaban J connectivity index is 2.02. The second-order valence-corrected chi connectivity index (χ2v) is 5.38. The van der Waals surface area contributed by atoms with Crippen LogP contribution in [0.1, 0.15) is 38.7 Å². The lowest BCUT2D eigenvalue weighted by Gasteiger charge is -2.39. The smallest absolute Gasteiger partial charge is 0.128 e. The molecule has 1 fully saturated rings. The Kier molecular flexibility index (Phi) is 4.07. The highest BCUT2D eigenvalue weighted by atomic mass is 15.2. The van der Waals surface area contributed by atoms with Gasteiger partial charge in [-0.2, -0.15) is 0 Å². The molecule has 0 saturated carbocycles. The highest BCUT2D eigenvalue weighted by Crippen LogP contribution is 2.24. The molecule has 1 saturated heterocycles. The third kappa shape index (κ3) is 2.75. The van der Waals surface area contributed by atoms with Gasteiger partial charge in [-0.1, -0.05) is 6.42 Å². The van der Waals surface area contributed by atoms with Gasteiger partial charge in [-0.05, 0) is 39.2 Å². The average Bonchev–Trinajstić information content (AvgIpc) is 2.31. The average molecular weight is 248 g/mol. The maximum atomic E-state index is 5.97. The minimum Gasteiger partial charge on any atom is -0.398 e. The van der Waals surface area contributed by atoms with Crippen LogP contribution in [0, 0.1) is 0 Å². The Morgan fingerprint density at radius 2 is 1.94 bits per heavy atom. The summed E-state index contributed by atoms with van der Waals surface area (Å²) in [6.07, 6.45) is 6.49. The van der Waals surface area contributed by atoms with Crippen molar-refractivity contribution >= 4 is 11.5 Å². The Morgan fingerprint density at radius 1 is 1.28 bits per heavy atom. The molecule has 0 radical (unpaired) electrons. The van der Waals surface area contributed by atoms with Gasteiger partial charge in [0.05, 0.1) is 0 Å². The van der Waals surface area contributed by atoms with Gasteiger partial charge in [0.25, 0.3) is 0 Å². The maximum absolute atomic E-state index is 5.97. The molecule has 4 heteroatoms. The lowest BCUT2D eigenvalue weighted by Crippen LogP contribution is -2.44. The lowest BCUT2D eigenvalue weighted by molar-refractivity contribution is 0.105. The van der Waals surface area contributed by atoms with Crippen molar-refractivity contribution in [1.82, 2.24) is 9.88 Å². The Labute approximate surface area is 109 Å². The molecule has 1 aromatic heterocycles. The molecule has 100 valence electrons. The highest BCUT2D eigenvalue weighted by molar-refractivity contribution is 5.56. The fourth-order valence-electron chi connectivity index (χ4n) is 2.95. The molecule has 1 aliphatic heterocycles. The fraction of sp³-hybridized carbons (Fsp3) is 0.643. The van der Waals surface area contributed by atoms with Gasteiger partial charge < -0.3 is 11.5 Å². The van der Waals surface area contributed by atoms with Crippen LogP contribution >= 0.6 is 0 Å². The summed E-state index contributed by atoms with van der Waals surface area (Å²) >= 11 is 0. The number of pyridine rings is 1.